The molecule has 7 heteroatoms. The lowest BCUT2D eigenvalue weighted by molar-refractivity contribution is -0.137. The van der Waals surface area contributed by atoms with E-state index < -0.39 is 5.97 Å². The Morgan fingerprint density at radius 3 is 2.63 bits per heavy atom. The van der Waals surface area contributed by atoms with Crippen LogP contribution in [-0.2, 0) is 11.3 Å². The SMILES string of the molecule is O=C(O)Cn1cc(C(=O)N2CC3CCCC3C2)nn1. The molecule has 2 aliphatic rings. The highest BCUT2D eigenvalue weighted by Gasteiger charge is 2.38. The molecule has 1 aliphatic carbocycles. The van der Waals surface area contributed by atoms with E-state index in [9.17, 15) is 9.59 Å². The number of rotatable bonds is 3. The van der Waals surface area contributed by atoms with E-state index in [1.807, 2.05) is 4.90 Å². The number of carboxylic acids is 1. The largest absolute Gasteiger partial charge is 0.480 e. The molecule has 1 N–H and O–H groups in total. The second-order valence-corrected chi connectivity index (χ2v) is 5.36. The van der Waals surface area contributed by atoms with Crippen LogP contribution in [0, 0.1) is 11.8 Å². The Labute approximate surface area is 110 Å². The average molecular weight is 264 g/mol. The second kappa shape index (κ2) is 4.64. The molecule has 2 heterocycles. The number of hydrogen-bond donors (Lipinski definition) is 1. The van der Waals surface area contributed by atoms with Crippen LogP contribution in [0.2, 0.25) is 0 Å². The number of fused-ring (bicyclic) bond motifs is 1. The van der Waals surface area contributed by atoms with Crippen molar-refractivity contribution in [1.29, 1.82) is 0 Å². The van der Waals surface area contributed by atoms with Gasteiger partial charge in [-0.2, -0.15) is 0 Å². The minimum absolute atomic E-state index is 0.133. The Morgan fingerprint density at radius 1 is 1.32 bits per heavy atom. The molecule has 0 spiro atoms. The molecule has 19 heavy (non-hydrogen) atoms. The molecule has 2 fully saturated rings. The summed E-state index contributed by atoms with van der Waals surface area (Å²) >= 11 is 0. The molecule has 0 aromatic carbocycles. The maximum absolute atomic E-state index is 12.2. The van der Waals surface area contributed by atoms with Crippen LogP contribution in [0.5, 0.6) is 0 Å². The molecular weight excluding hydrogens is 248 g/mol. The summed E-state index contributed by atoms with van der Waals surface area (Å²) in [7, 11) is 0. The lowest BCUT2D eigenvalue weighted by Crippen LogP contribution is -2.29. The lowest BCUT2D eigenvalue weighted by atomic mass is 10.0. The Bertz CT molecular complexity index is 501. The molecule has 1 saturated carbocycles. The van der Waals surface area contributed by atoms with Crippen molar-refractivity contribution in [2.24, 2.45) is 11.8 Å². The van der Waals surface area contributed by atoms with Crippen LogP contribution < -0.4 is 0 Å². The molecule has 7 nitrogen and oxygen atoms in total. The van der Waals surface area contributed by atoms with E-state index in [1.165, 1.54) is 30.1 Å². The topological polar surface area (TPSA) is 88.3 Å². The highest BCUT2D eigenvalue weighted by molar-refractivity contribution is 5.92. The third-order valence-corrected chi connectivity index (χ3v) is 4.07. The van der Waals surface area contributed by atoms with Gasteiger partial charge < -0.3 is 10.0 Å². The highest BCUT2D eigenvalue weighted by Crippen LogP contribution is 2.37. The van der Waals surface area contributed by atoms with Crippen molar-refractivity contribution in [2.75, 3.05) is 13.1 Å². The number of likely N-dealkylation sites (tertiary alicyclic amines) is 1. The number of hydrogen-bond acceptors (Lipinski definition) is 4. The smallest absolute Gasteiger partial charge is 0.325 e. The summed E-state index contributed by atoms with van der Waals surface area (Å²) in [5, 5.41) is 16.1. The van der Waals surface area contributed by atoms with E-state index in [4.69, 9.17) is 5.11 Å². The quantitative estimate of drug-likeness (QED) is 0.844. The zero-order valence-electron chi connectivity index (χ0n) is 10.5. The second-order valence-electron chi connectivity index (χ2n) is 5.36. The maximum Gasteiger partial charge on any atom is 0.325 e. The minimum Gasteiger partial charge on any atom is -0.480 e. The first-order valence-electron chi connectivity index (χ1n) is 6.54. The van der Waals surface area contributed by atoms with E-state index in [2.05, 4.69) is 10.3 Å². The first kappa shape index (κ1) is 12.1. The summed E-state index contributed by atoms with van der Waals surface area (Å²) < 4.78 is 1.17. The number of nitrogens with zero attached hydrogens (tertiary/aromatic N) is 4. The Hall–Kier alpha value is -1.92. The Morgan fingerprint density at radius 2 is 2.00 bits per heavy atom. The molecule has 1 saturated heterocycles. The Balaban J connectivity index is 1.67. The zero-order chi connectivity index (χ0) is 13.4. The Kier molecular flexibility index (Phi) is 2.96. The van der Waals surface area contributed by atoms with Crippen molar-refractivity contribution in [3.8, 4) is 0 Å². The van der Waals surface area contributed by atoms with Crippen molar-refractivity contribution in [2.45, 2.75) is 25.8 Å². The van der Waals surface area contributed by atoms with Crippen LogP contribution in [-0.4, -0.2) is 50.0 Å². The van der Waals surface area contributed by atoms with Gasteiger partial charge in [0, 0.05) is 13.1 Å². The summed E-state index contributed by atoms with van der Waals surface area (Å²) in [6, 6.07) is 0. The van der Waals surface area contributed by atoms with Gasteiger partial charge in [-0.25, -0.2) is 4.68 Å². The first-order chi connectivity index (χ1) is 9.13. The van der Waals surface area contributed by atoms with Crippen LogP contribution >= 0.6 is 0 Å². The first-order valence-corrected chi connectivity index (χ1v) is 6.54. The molecular formula is C12H16N4O3. The standard InChI is InChI=1S/C12H16N4O3/c17-11(18)7-16-6-10(13-14-16)12(19)15-4-8-2-1-3-9(8)5-15/h6,8-9H,1-5,7H2,(H,17,18). The number of carbonyl (C=O) groups is 2. The molecule has 1 aliphatic heterocycles. The van der Waals surface area contributed by atoms with Gasteiger partial charge in [-0.15, -0.1) is 5.10 Å². The number of amides is 1. The van der Waals surface area contributed by atoms with Crippen LogP contribution in [0.4, 0.5) is 0 Å². The minimum atomic E-state index is -1.00. The van der Waals surface area contributed by atoms with Crippen LogP contribution in [0.1, 0.15) is 29.8 Å². The molecule has 102 valence electrons. The number of aromatic nitrogens is 3. The molecule has 3 rings (SSSR count). The normalized spacial score (nSPS) is 25.6. The molecule has 0 bridgehead atoms. The van der Waals surface area contributed by atoms with Gasteiger partial charge in [-0.05, 0) is 24.7 Å². The lowest BCUT2D eigenvalue weighted by Gasteiger charge is -2.15. The van der Waals surface area contributed by atoms with Gasteiger partial charge in [0.15, 0.2) is 5.69 Å². The number of carboxylic acid groups (broad SMARTS) is 1. The summed E-state index contributed by atoms with van der Waals surface area (Å²) in [6.07, 6.45) is 5.09. The molecule has 1 aromatic rings. The molecule has 1 amide bonds. The third kappa shape index (κ3) is 2.32. The van der Waals surface area contributed by atoms with Crippen molar-refractivity contribution < 1.29 is 14.7 Å². The summed E-state index contributed by atoms with van der Waals surface area (Å²) in [6.45, 7) is 1.33. The van der Waals surface area contributed by atoms with Gasteiger partial charge in [0.25, 0.3) is 5.91 Å². The molecule has 2 atom stereocenters. The van der Waals surface area contributed by atoms with Gasteiger partial charge in [-0.3, -0.25) is 9.59 Å². The molecule has 2 unspecified atom stereocenters. The highest BCUT2D eigenvalue weighted by atomic mass is 16.4. The number of aliphatic carboxylic acids is 1. The maximum atomic E-state index is 12.2. The van der Waals surface area contributed by atoms with Crippen LogP contribution in [0.15, 0.2) is 6.20 Å². The fraction of sp³-hybridized carbons (Fsp3) is 0.667. The van der Waals surface area contributed by atoms with Crippen LogP contribution in [0.25, 0.3) is 0 Å². The molecule has 1 aromatic heterocycles. The average Bonchev–Trinajstić information content (AvgIpc) is 2.99. The summed E-state index contributed by atoms with van der Waals surface area (Å²) in [5.41, 5.74) is 0.237. The van der Waals surface area contributed by atoms with Crippen LogP contribution in [0.3, 0.4) is 0 Å². The summed E-state index contributed by atoms with van der Waals surface area (Å²) in [5.74, 6) is 0.140. The third-order valence-electron chi connectivity index (χ3n) is 4.07. The number of carbonyl (C=O) groups excluding carboxylic acids is 1. The van der Waals surface area contributed by atoms with E-state index in [0.717, 1.165) is 13.1 Å². The molecule has 0 radical (unpaired) electrons. The van der Waals surface area contributed by atoms with Gasteiger partial charge >= 0.3 is 5.97 Å². The van der Waals surface area contributed by atoms with E-state index in [0.29, 0.717) is 11.8 Å². The predicted octanol–water partition coefficient (Wildman–Crippen LogP) is 0.235. The van der Waals surface area contributed by atoms with Crippen molar-refractivity contribution in [3.63, 3.8) is 0 Å². The fourth-order valence-corrected chi connectivity index (χ4v) is 3.18. The van der Waals surface area contributed by atoms with E-state index >= 15 is 0 Å². The van der Waals surface area contributed by atoms with Gasteiger partial charge in [0.05, 0.1) is 6.20 Å². The van der Waals surface area contributed by atoms with Gasteiger partial charge in [0.2, 0.25) is 0 Å². The van der Waals surface area contributed by atoms with Crippen molar-refractivity contribution in [3.05, 3.63) is 11.9 Å². The van der Waals surface area contributed by atoms with E-state index in [1.54, 1.807) is 0 Å². The monoisotopic (exact) mass is 264 g/mol. The van der Waals surface area contributed by atoms with Crippen molar-refractivity contribution in [1.82, 2.24) is 19.9 Å². The fourth-order valence-electron chi connectivity index (χ4n) is 3.18. The predicted molar refractivity (Wildman–Crippen MR) is 64.4 cm³/mol. The zero-order valence-corrected chi connectivity index (χ0v) is 10.5. The summed E-state index contributed by atoms with van der Waals surface area (Å²) in [4.78, 5) is 24.6. The van der Waals surface area contributed by atoms with E-state index in [-0.39, 0.29) is 18.1 Å². The van der Waals surface area contributed by atoms with Gasteiger partial charge in [-0.1, -0.05) is 11.6 Å². The van der Waals surface area contributed by atoms with Gasteiger partial charge in [0.1, 0.15) is 6.54 Å². The van der Waals surface area contributed by atoms with Crippen molar-refractivity contribution >= 4 is 11.9 Å².